The first-order chi connectivity index (χ1) is 10.9. The van der Waals surface area contributed by atoms with Crippen LogP contribution in [0.3, 0.4) is 0 Å². The highest BCUT2D eigenvalue weighted by Gasteiger charge is 2.35. The lowest BCUT2D eigenvalue weighted by atomic mass is 10.2. The molecule has 0 saturated carbocycles. The molecule has 1 fully saturated rings. The molecule has 0 atom stereocenters. The first kappa shape index (κ1) is 15.7. The van der Waals surface area contributed by atoms with Gasteiger partial charge in [0, 0.05) is 25.0 Å². The molecule has 1 aliphatic heterocycles. The van der Waals surface area contributed by atoms with Gasteiger partial charge in [0.25, 0.3) is 0 Å². The van der Waals surface area contributed by atoms with Crippen molar-refractivity contribution in [2.24, 2.45) is 0 Å². The number of halogens is 3. The van der Waals surface area contributed by atoms with Gasteiger partial charge in [0.2, 0.25) is 5.91 Å². The molecule has 2 aromatic rings. The Kier molecular flexibility index (Phi) is 4.21. The van der Waals surface area contributed by atoms with Crippen LogP contribution in [-0.4, -0.2) is 53.0 Å². The van der Waals surface area contributed by atoms with E-state index in [2.05, 4.69) is 4.98 Å². The maximum absolute atomic E-state index is 12.4. The van der Waals surface area contributed by atoms with Crippen LogP contribution in [0, 0.1) is 0 Å². The summed E-state index contributed by atoms with van der Waals surface area (Å²) < 4.78 is 37.2. The minimum absolute atomic E-state index is 0.00934. The first-order valence-corrected chi connectivity index (χ1v) is 7.32. The van der Waals surface area contributed by atoms with Crippen LogP contribution < -0.4 is 0 Å². The van der Waals surface area contributed by atoms with Crippen molar-refractivity contribution < 1.29 is 18.0 Å². The topological polar surface area (TPSA) is 36.4 Å². The van der Waals surface area contributed by atoms with Gasteiger partial charge < -0.3 is 4.90 Å². The minimum Gasteiger partial charge on any atom is -0.331 e. The number of benzene rings is 1. The average Bonchev–Trinajstić information content (AvgIpc) is 2.49. The summed E-state index contributed by atoms with van der Waals surface area (Å²) in [5.41, 5.74) is 1.67. The molecule has 3 rings (SSSR count). The van der Waals surface area contributed by atoms with Crippen LogP contribution in [0.1, 0.15) is 5.69 Å². The molecule has 0 bridgehead atoms. The zero-order chi connectivity index (χ0) is 16.4. The summed E-state index contributed by atoms with van der Waals surface area (Å²) in [6.45, 7) is -0.225. The Morgan fingerprint density at radius 3 is 2.61 bits per heavy atom. The highest BCUT2D eigenvalue weighted by atomic mass is 19.4. The number of hydrogen-bond acceptors (Lipinski definition) is 3. The summed E-state index contributed by atoms with van der Waals surface area (Å²) in [7, 11) is 0. The lowest BCUT2D eigenvalue weighted by Crippen LogP contribution is -2.52. The number of carbonyl (C=O) groups excluding carboxylic acids is 1. The van der Waals surface area contributed by atoms with Crippen molar-refractivity contribution in [3.8, 4) is 0 Å². The average molecular weight is 323 g/mol. The van der Waals surface area contributed by atoms with E-state index in [9.17, 15) is 18.0 Å². The van der Waals surface area contributed by atoms with E-state index < -0.39 is 18.6 Å². The molecular weight excluding hydrogens is 307 g/mol. The van der Waals surface area contributed by atoms with Crippen molar-refractivity contribution >= 4 is 16.8 Å². The van der Waals surface area contributed by atoms with E-state index in [4.69, 9.17) is 0 Å². The lowest BCUT2D eigenvalue weighted by Gasteiger charge is -2.34. The van der Waals surface area contributed by atoms with Gasteiger partial charge in [-0.3, -0.25) is 14.7 Å². The number of alkyl halides is 3. The summed E-state index contributed by atoms with van der Waals surface area (Å²) in [4.78, 5) is 19.1. The molecule has 23 heavy (non-hydrogen) atoms. The molecule has 0 spiro atoms. The number of carbonyl (C=O) groups is 1. The van der Waals surface area contributed by atoms with Gasteiger partial charge >= 0.3 is 6.18 Å². The van der Waals surface area contributed by atoms with E-state index in [0.717, 1.165) is 21.5 Å². The molecule has 0 unspecified atom stereocenters. The zero-order valence-corrected chi connectivity index (χ0v) is 12.4. The number of para-hydroxylation sites is 1. The molecule has 122 valence electrons. The Bertz CT molecular complexity index is 717. The summed E-state index contributed by atoms with van der Waals surface area (Å²) in [5.74, 6) is -0.491. The number of aromatic nitrogens is 1. The van der Waals surface area contributed by atoms with Crippen molar-refractivity contribution in [1.82, 2.24) is 14.8 Å². The lowest BCUT2D eigenvalue weighted by molar-refractivity contribution is -0.165. The molecule has 1 amide bonds. The Morgan fingerprint density at radius 1 is 1.09 bits per heavy atom. The summed E-state index contributed by atoms with van der Waals surface area (Å²) in [6, 6.07) is 11.5. The molecule has 2 heterocycles. The number of piperazine rings is 1. The SMILES string of the molecule is O=C1CN(Cc2ccc3ccccc3n2)CCN1CC(F)(F)F. The number of pyridine rings is 1. The molecule has 0 N–H and O–H groups in total. The Hall–Kier alpha value is -2.15. The number of fused-ring (bicyclic) bond motifs is 1. The van der Waals surface area contributed by atoms with Crippen LogP contribution in [-0.2, 0) is 11.3 Å². The predicted octanol–water partition coefficient (Wildman–Crippen LogP) is 2.44. The van der Waals surface area contributed by atoms with E-state index >= 15 is 0 Å². The molecule has 1 aromatic carbocycles. The molecule has 4 nitrogen and oxygen atoms in total. The van der Waals surface area contributed by atoms with Gasteiger partial charge in [-0.15, -0.1) is 0 Å². The van der Waals surface area contributed by atoms with Gasteiger partial charge in [-0.1, -0.05) is 24.3 Å². The highest BCUT2D eigenvalue weighted by molar-refractivity contribution is 5.79. The summed E-state index contributed by atoms with van der Waals surface area (Å²) in [5, 5.41) is 1.03. The van der Waals surface area contributed by atoms with Gasteiger partial charge in [0.05, 0.1) is 17.8 Å². The van der Waals surface area contributed by atoms with Crippen LogP contribution >= 0.6 is 0 Å². The largest absolute Gasteiger partial charge is 0.406 e. The first-order valence-electron chi connectivity index (χ1n) is 7.32. The van der Waals surface area contributed by atoms with Gasteiger partial charge in [-0.25, -0.2) is 0 Å². The molecule has 1 aromatic heterocycles. The predicted molar refractivity (Wildman–Crippen MR) is 79.7 cm³/mol. The Balaban J connectivity index is 1.64. The van der Waals surface area contributed by atoms with E-state index in [1.807, 2.05) is 41.3 Å². The quantitative estimate of drug-likeness (QED) is 0.870. The zero-order valence-electron chi connectivity index (χ0n) is 12.4. The molecular formula is C16H16F3N3O. The third kappa shape index (κ3) is 3.98. The number of nitrogens with zero attached hydrogens (tertiary/aromatic N) is 3. The monoisotopic (exact) mass is 323 g/mol. The smallest absolute Gasteiger partial charge is 0.331 e. The van der Waals surface area contributed by atoms with E-state index in [-0.39, 0.29) is 13.1 Å². The molecule has 0 aliphatic carbocycles. The second kappa shape index (κ2) is 6.16. The van der Waals surface area contributed by atoms with Gasteiger partial charge in [0.15, 0.2) is 0 Å². The van der Waals surface area contributed by atoms with E-state index in [1.54, 1.807) is 0 Å². The minimum atomic E-state index is -4.35. The van der Waals surface area contributed by atoms with Gasteiger partial charge in [0.1, 0.15) is 6.54 Å². The highest BCUT2D eigenvalue weighted by Crippen LogP contribution is 2.19. The standard InChI is InChI=1S/C16H16F3N3O/c17-16(18,19)11-22-8-7-21(10-15(22)23)9-13-6-5-12-3-1-2-4-14(12)20-13/h1-6H,7-11H2. The van der Waals surface area contributed by atoms with E-state index in [1.165, 1.54) is 0 Å². The Labute approximate surface area is 131 Å². The fourth-order valence-corrected chi connectivity index (χ4v) is 2.70. The van der Waals surface area contributed by atoms with Crippen LogP contribution in [0.4, 0.5) is 13.2 Å². The number of amides is 1. The molecule has 7 heteroatoms. The van der Waals surface area contributed by atoms with Crippen molar-refractivity contribution in [3.63, 3.8) is 0 Å². The van der Waals surface area contributed by atoms with Crippen molar-refractivity contribution in [3.05, 3.63) is 42.1 Å². The third-order valence-corrected chi connectivity index (χ3v) is 3.81. The van der Waals surface area contributed by atoms with Crippen molar-refractivity contribution in [2.45, 2.75) is 12.7 Å². The second-order valence-corrected chi connectivity index (χ2v) is 5.64. The van der Waals surface area contributed by atoms with Crippen LogP contribution in [0.5, 0.6) is 0 Å². The van der Waals surface area contributed by atoms with Crippen molar-refractivity contribution in [2.75, 3.05) is 26.2 Å². The fourth-order valence-electron chi connectivity index (χ4n) is 2.70. The third-order valence-electron chi connectivity index (χ3n) is 3.81. The number of rotatable bonds is 3. The fraction of sp³-hybridized carbons (Fsp3) is 0.375. The molecule has 0 radical (unpaired) electrons. The number of hydrogen-bond donors (Lipinski definition) is 0. The molecule has 1 aliphatic rings. The summed E-state index contributed by atoms with van der Waals surface area (Å²) >= 11 is 0. The normalized spacial score (nSPS) is 17.0. The van der Waals surface area contributed by atoms with Crippen LogP contribution in [0.15, 0.2) is 36.4 Å². The summed E-state index contributed by atoms with van der Waals surface area (Å²) in [6.07, 6.45) is -4.35. The maximum Gasteiger partial charge on any atom is 0.406 e. The van der Waals surface area contributed by atoms with Crippen LogP contribution in [0.25, 0.3) is 10.9 Å². The van der Waals surface area contributed by atoms with Crippen molar-refractivity contribution in [1.29, 1.82) is 0 Å². The van der Waals surface area contributed by atoms with Gasteiger partial charge in [-0.2, -0.15) is 13.2 Å². The van der Waals surface area contributed by atoms with E-state index in [0.29, 0.717) is 13.1 Å². The second-order valence-electron chi connectivity index (χ2n) is 5.64. The van der Waals surface area contributed by atoms with Gasteiger partial charge in [-0.05, 0) is 12.1 Å². The molecule has 1 saturated heterocycles. The Morgan fingerprint density at radius 2 is 1.87 bits per heavy atom. The van der Waals surface area contributed by atoms with Crippen LogP contribution in [0.2, 0.25) is 0 Å². The maximum atomic E-state index is 12.4.